The maximum atomic E-state index is 9.83. The molecular formula is C8H13OS. The molecule has 10 heavy (non-hydrogen) atoms. The molecule has 2 aliphatic rings. The second-order valence-electron chi connectivity index (χ2n) is 3.58. The SMILES string of the molecule is CC1(O)CCC2S[CH]CC21. The lowest BCUT2D eigenvalue weighted by molar-refractivity contribution is 0.0244. The van der Waals surface area contributed by atoms with Crippen molar-refractivity contribution in [2.24, 2.45) is 5.92 Å². The summed E-state index contributed by atoms with van der Waals surface area (Å²) in [5.74, 6) is 2.81. The van der Waals surface area contributed by atoms with Crippen LogP contribution in [0.25, 0.3) is 0 Å². The fourth-order valence-corrected chi connectivity index (χ4v) is 3.49. The van der Waals surface area contributed by atoms with E-state index in [0.717, 1.165) is 18.1 Å². The molecule has 2 heteroatoms. The number of thioether (sulfide) groups is 1. The third-order valence-corrected chi connectivity index (χ3v) is 4.10. The monoisotopic (exact) mass is 157 g/mol. The first-order valence-corrected chi connectivity index (χ1v) is 4.84. The molecule has 0 aromatic carbocycles. The van der Waals surface area contributed by atoms with Crippen LogP contribution >= 0.6 is 11.8 Å². The van der Waals surface area contributed by atoms with Crippen LogP contribution in [0.1, 0.15) is 26.2 Å². The van der Waals surface area contributed by atoms with Gasteiger partial charge in [-0.2, -0.15) is 11.8 Å². The number of hydrogen-bond donors (Lipinski definition) is 1. The van der Waals surface area contributed by atoms with Crippen molar-refractivity contribution in [3.8, 4) is 0 Å². The Morgan fingerprint density at radius 3 is 3.20 bits per heavy atom. The Morgan fingerprint density at radius 1 is 1.70 bits per heavy atom. The molecule has 1 N–H and O–H groups in total. The number of hydrogen-bond acceptors (Lipinski definition) is 2. The molecule has 0 aromatic rings. The maximum Gasteiger partial charge on any atom is 0.0659 e. The van der Waals surface area contributed by atoms with E-state index in [1.807, 2.05) is 18.7 Å². The van der Waals surface area contributed by atoms with E-state index in [1.54, 1.807) is 0 Å². The van der Waals surface area contributed by atoms with Crippen molar-refractivity contribution in [1.82, 2.24) is 0 Å². The molecule has 0 amide bonds. The van der Waals surface area contributed by atoms with Crippen LogP contribution in [0.4, 0.5) is 0 Å². The van der Waals surface area contributed by atoms with Gasteiger partial charge < -0.3 is 5.11 Å². The number of aliphatic hydroxyl groups is 1. The molecule has 1 saturated heterocycles. The Labute approximate surface area is 66.2 Å². The Bertz CT molecular complexity index is 144. The molecule has 0 bridgehead atoms. The molecule has 1 aliphatic carbocycles. The highest BCUT2D eigenvalue weighted by atomic mass is 32.2. The van der Waals surface area contributed by atoms with Crippen molar-refractivity contribution in [3.05, 3.63) is 5.75 Å². The van der Waals surface area contributed by atoms with Gasteiger partial charge >= 0.3 is 0 Å². The quantitative estimate of drug-likeness (QED) is 0.578. The van der Waals surface area contributed by atoms with Gasteiger partial charge in [0.25, 0.3) is 0 Å². The minimum atomic E-state index is -0.356. The fraction of sp³-hybridized carbons (Fsp3) is 0.875. The van der Waals surface area contributed by atoms with Gasteiger partial charge in [0.2, 0.25) is 0 Å². The summed E-state index contributed by atoms with van der Waals surface area (Å²) >= 11 is 1.93. The summed E-state index contributed by atoms with van der Waals surface area (Å²) in [5, 5.41) is 10.6. The van der Waals surface area contributed by atoms with Gasteiger partial charge in [-0.05, 0) is 26.2 Å². The first kappa shape index (κ1) is 6.99. The van der Waals surface area contributed by atoms with Crippen molar-refractivity contribution >= 4 is 11.8 Å². The van der Waals surface area contributed by atoms with E-state index >= 15 is 0 Å². The Morgan fingerprint density at radius 2 is 2.50 bits per heavy atom. The topological polar surface area (TPSA) is 20.2 Å². The van der Waals surface area contributed by atoms with Gasteiger partial charge in [0.05, 0.1) is 5.60 Å². The predicted octanol–water partition coefficient (Wildman–Crippen LogP) is 1.81. The second kappa shape index (κ2) is 2.15. The van der Waals surface area contributed by atoms with Crippen molar-refractivity contribution in [2.45, 2.75) is 37.0 Å². The summed E-state index contributed by atoms with van der Waals surface area (Å²) in [5.41, 5.74) is -0.356. The van der Waals surface area contributed by atoms with Crippen LogP contribution in [0.3, 0.4) is 0 Å². The highest BCUT2D eigenvalue weighted by Gasteiger charge is 2.46. The van der Waals surface area contributed by atoms with Gasteiger partial charge in [-0.1, -0.05) is 0 Å². The van der Waals surface area contributed by atoms with Crippen molar-refractivity contribution in [2.75, 3.05) is 0 Å². The molecule has 1 aliphatic heterocycles. The van der Waals surface area contributed by atoms with Crippen molar-refractivity contribution in [3.63, 3.8) is 0 Å². The van der Waals surface area contributed by atoms with Gasteiger partial charge in [0.1, 0.15) is 0 Å². The normalized spacial score (nSPS) is 53.4. The summed E-state index contributed by atoms with van der Waals surface area (Å²) in [4.78, 5) is 0. The first-order valence-electron chi connectivity index (χ1n) is 3.90. The highest BCUT2D eigenvalue weighted by Crippen LogP contribution is 2.50. The van der Waals surface area contributed by atoms with Crippen LogP contribution in [0, 0.1) is 11.7 Å². The molecule has 1 nitrogen and oxygen atoms in total. The van der Waals surface area contributed by atoms with Crippen LogP contribution in [0.2, 0.25) is 0 Å². The standard InChI is InChI=1S/C8H13OS/c1-8(9)4-2-7-6(8)3-5-10-7/h5-7,9H,2-4H2,1H3. The Kier molecular flexibility index (Phi) is 1.50. The second-order valence-corrected chi connectivity index (χ2v) is 4.79. The maximum absolute atomic E-state index is 9.83. The zero-order chi connectivity index (χ0) is 7.19. The van der Waals surface area contributed by atoms with Gasteiger partial charge in [0, 0.05) is 16.9 Å². The van der Waals surface area contributed by atoms with Gasteiger partial charge in [0.15, 0.2) is 0 Å². The smallest absolute Gasteiger partial charge is 0.0659 e. The summed E-state index contributed by atoms with van der Waals surface area (Å²) in [6.07, 6.45) is 3.32. The molecule has 1 radical (unpaired) electrons. The van der Waals surface area contributed by atoms with E-state index in [4.69, 9.17) is 0 Å². The average molecular weight is 157 g/mol. The van der Waals surface area contributed by atoms with Gasteiger partial charge in [-0.3, -0.25) is 0 Å². The van der Waals surface area contributed by atoms with E-state index in [1.165, 1.54) is 6.42 Å². The molecule has 0 aromatic heterocycles. The van der Waals surface area contributed by atoms with Crippen molar-refractivity contribution < 1.29 is 5.11 Å². The van der Waals surface area contributed by atoms with Crippen molar-refractivity contribution in [1.29, 1.82) is 0 Å². The van der Waals surface area contributed by atoms with Crippen LogP contribution in [-0.4, -0.2) is 16.0 Å². The van der Waals surface area contributed by atoms with E-state index in [0.29, 0.717) is 5.92 Å². The lowest BCUT2D eigenvalue weighted by Crippen LogP contribution is -2.30. The number of fused-ring (bicyclic) bond motifs is 1. The summed E-state index contributed by atoms with van der Waals surface area (Å²) in [6.45, 7) is 1.98. The molecule has 2 fully saturated rings. The van der Waals surface area contributed by atoms with Crippen LogP contribution < -0.4 is 0 Å². The molecule has 0 spiro atoms. The Hall–Kier alpha value is 0.310. The third-order valence-electron chi connectivity index (χ3n) is 2.80. The van der Waals surface area contributed by atoms with E-state index in [9.17, 15) is 5.11 Å². The van der Waals surface area contributed by atoms with Gasteiger partial charge in [-0.25, -0.2) is 0 Å². The Balaban J connectivity index is 2.16. The molecule has 3 unspecified atom stereocenters. The van der Waals surface area contributed by atoms with E-state index < -0.39 is 0 Å². The lowest BCUT2D eigenvalue weighted by atomic mass is 9.91. The zero-order valence-corrected chi connectivity index (χ0v) is 7.03. The summed E-state index contributed by atoms with van der Waals surface area (Å²) in [7, 11) is 0. The molecular weight excluding hydrogens is 144 g/mol. The summed E-state index contributed by atoms with van der Waals surface area (Å²) in [6, 6.07) is 0. The third kappa shape index (κ3) is 0.892. The zero-order valence-electron chi connectivity index (χ0n) is 6.21. The highest BCUT2D eigenvalue weighted by molar-refractivity contribution is 8.02. The summed E-state index contributed by atoms with van der Waals surface area (Å²) < 4.78 is 0. The largest absolute Gasteiger partial charge is 0.390 e. The molecule has 1 heterocycles. The number of rotatable bonds is 0. The van der Waals surface area contributed by atoms with Crippen LogP contribution in [-0.2, 0) is 0 Å². The molecule has 1 saturated carbocycles. The van der Waals surface area contributed by atoms with E-state index in [2.05, 4.69) is 5.75 Å². The van der Waals surface area contributed by atoms with Gasteiger partial charge in [-0.15, -0.1) is 0 Å². The first-order chi connectivity index (χ1) is 4.70. The fourth-order valence-electron chi connectivity index (χ4n) is 2.07. The van der Waals surface area contributed by atoms with E-state index in [-0.39, 0.29) is 5.60 Å². The van der Waals surface area contributed by atoms with Crippen LogP contribution in [0.5, 0.6) is 0 Å². The minimum Gasteiger partial charge on any atom is -0.390 e. The molecule has 2 rings (SSSR count). The van der Waals surface area contributed by atoms with Crippen LogP contribution in [0.15, 0.2) is 0 Å². The average Bonchev–Trinajstić information content (AvgIpc) is 2.36. The minimum absolute atomic E-state index is 0.356. The molecule has 57 valence electrons. The molecule has 3 atom stereocenters. The predicted molar refractivity (Wildman–Crippen MR) is 43.6 cm³/mol. The lowest BCUT2D eigenvalue weighted by Gasteiger charge is -2.23.